The molecule has 2 N–H and O–H groups in total. The molecule has 1 aromatic heterocycles. The molecule has 2 aromatic carbocycles. The number of nitrogens with one attached hydrogen (secondary N) is 2. The number of methoxy groups -OCH3 is 1. The van der Waals surface area contributed by atoms with Crippen LogP contribution in [0.3, 0.4) is 0 Å². The molecule has 1 heterocycles. The summed E-state index contributed by atoms with van der Waals surface area (Å²) in [6.07, 6.45) is 1.57. The molecule has 0 atom stereocenters. The molecule has 134 valence electrons. The van der Waals surface area contributed by atoms with Gasteiger partial charge in [0, 0.05) is 12.1 Å². The molecule has 3 rings (SSSR count). The summed E-state index contributed by atoms with van der Waals surface area (Å²) in [5.41, 5.74) is 3.93. The molecule has 3 aromatic rings. The highest BCUT2D eigenvalue weighted by Crippen LogP contribution is 2.29. The average molecular weight is 370 g/mol. The van der Waals surface area contributed by atoms with E-state index in [0.717, 1.165) is 28.1 Å². The van der Waals surface area contributed by atoms with Crippen molar-refractivity contribution in [3.8, 4) is 5.75 Å². The number of nitrogens with zero attached hydrogens (tertiary/aromatic N) is 3. The number of aryl methyl sites for hydroxylation is 2. The summed E-state index contributed by atoms with van der Waals surface area (Å²) in [4.78, 5) is 4.45. The highest BCUT2D eigenvalue weighted by molar-refractivity contribution is 6.33. The van der Waals surface area contributed by atoms with Crippen LogP contribution in [0.2, 0.25) is 5.02 Å². The van der Waals surface area contributed by atoms with E-state index in [2.05, 4.69) is 25.8 Å². The Kier molecular flexibility index (Phi) is 5.53. The number of anilines is 3. The van der Waals surface area contributed by atoms with Gasteiger partial charge in [-0.3, -0.25) is 0 Å². The molecule has 0 saturated carbocycles. The lowest BCUT2D eigenvalue weighted by atomic mass is 10.1. The fourth-order valence-corrected chi connectivity index (χ4v) is 3.03. The van der Waals surface area contributed by atoms with E-state index in [9.17, 15) is 0 Å². The Balaban J connectivity index is 1.75. The van der Waals surface area contributed by atoms with Gasteiger partial charge < -0.3 is 15.4 Å². The molecule has 7 heteroatoms. The van der Waals surface area contributed by atoms with Crippen LogP contribution >= 0.6 is 11.6 Å². The van der Waals surface area contributed by atoms with Crippen LogP contribution in [0.1, 0.15) is 16.7 Å². The molecule has 0 aliphatic rings. The molecule has 0 amide bonds. The van der Waals surface area contributed by atoms with E-state index in [-0.39, 0.29) is 0 Å². The summed E-state index contributed by atoms with van der Waals surface area (Å²) in [5, 5.41) is 15.0. The number of para-hydroxylation sites is 1. The lowest BCUT2D eigenvalue weighted by Crippen LogP contribution is -2.07. The summed E-state index contributed by atoms with van der Waals surface area (Å²) < 4.78 is 5.36. The van der Waals surface area contributed by atoms with E-state index in [1.165, 1.54) is 0 Å². The van der Waals surface area contributed by atoms with Crippen molar-refractivity contribution in [2.24, 2.45) is 0 Å². The first-order chi connectivity index (χ1) is 12.6. The standard InChI is InChI=1S/C19H20ClN5O/c1-12-8-13(2)18(15(20)9-12)24-19-23-17(11-22-25-19)21-10-14-6-4-5-7-16(14)26-3/h4-9,11H,10H2,1-3H3,(H2,21,23,24,25). The van der Waals surface area contributed by atoms with E-state index < -0.39 is 0 Å². The van der Waals surface area contributed by atoms with Gasteiger partial charge in [-0.15, -0.1) is 5.10 Å². The Hall–Kier alpha value is -2.86. The van der Waals surface area contributed by atoms with Crippen LogP contribution in [0.4, 0.5) is 17.5 Å². The first-order valence-corrected chi connectivity index (χ1v) is 8.54. The van der Waals surface area contributed by atoms with Gasteiger partial charge in [-0.25, -0.2) is 0 Å². The van der Waals surface area contributed by atoms with Crippen LogP contribution in [0.5, 0.6) is 5.75 Å². The van der Waals surface area contributed by atoms with Crippen molar-refractivity contribution in [1.82, 2.24) is 15.2 Å². The summed E-state index contributed by atoms with van der Waals surface area (Å²) >= 11 is 6.33. The maximum Gasteiger partial charge on any atom is 0.249 e. The lowest BCUT2D eigenvalue weighted by Gasteiger charge is -2.12. The summed E-state index contributed by atoms with van der Waals surface area (Å²) in [7, 11) is 1.65. The molecule has 0 spiro atoms. The molecule has 0 aliphatic heterocycles. The van der Waals surface area contributed by atoms with Crippen LogP contribution in [0, 0.1) is 13.8 Å². The highest BCUT2D eigenvalue weighted by Gasteiger charge is 2.09. The third-order valence-electron chi connectivity index (χ3n) is 3.88. The topological polar surface area (TPSA) is 72.0 Å². The van der Waals surface area contributed by atoms with Crippen LogP contribution in [-0.2, 0) is 6.54 Å². The van der Waals surface area contributed by atoms with Crippen molar-refractivity contribution in [2.45, 2.75) is 20.4 Å². The van der Waals surface area contributed by atoms with Gasteiger partial charge in [0.2, 0.25) is 5.95 Å². The van der Waals surface area contributed by atoms with Crippen molar-refractivity contribution in [2.75, 3.05) is 17.7 Å². The van der Waals surface area contributed by atoms with E-state index in [4.69, 9.17) is 16.3 Å². The van der Waals surface area contributed by atoms with Crippen molar-refractivity contribution >= 4 is 29.1 Å². The molecule has 0 saturated heterocycles. The van der Waals surface area contributed by atoms with Gasteiger partial charge in [-0.1, -0.05) is 35.9 Å². The number of halogens is 1. The maximum absolute atomic E-state index is 6.33. The van der Waals surface area contributed by atoms with E-state index in [1.807, 2.05) is 50.2 Å². The Morgan fingerprint density at radius 3 is 2.73 bits per heavy atom. The molecular formula is C19H20ClN5O. The summed E-state index contributed by atoms with van der Waals surface area (Å²) in [5.74, 6) is 1.81. The monoisotopic (exact) mass is 369 g/mol. The molecule has 26 heavy (non-hydrogen) atoms. The first kappa shape index (κ1) is 17.9. The molecule has 6 nitrogen and oxygen atoms in total. The van der Waals surface area contributed by atoms with Crippen LogP contribution < -0.4 is 15.4 Å². The fraction of sp³-hybridized carbons (Fsp3) is 0.211. The van der Waals surface area contributed by atoms with Crippen molar-refractivity contribution in [3.05, 3.63) is 64.3 Å². The second kappa shape index (κ2) is 8.01. The summed E-state index contributed by atoms with van der Waals surface area (Å²) in [6, 6.07) is 11.8. The Labute approximate surface area is 157 Å². The second-order valence-corrected chi connectivity index (χ2v) is 6.30. The van der Waals surface area contributed by atoms with Gasteiger partial charge in [0.25, 0.3) is 0 Å². The number of ether oxygens (including phenoxy) is 1. The van der Waals surface area contributed by atoms with Crippen LogP contribution in [-0.4, -0.2) is 22.3 Å². The quantitative estimate of drug-likeness (QED) is 0.666. The Bertz CT molecular complexity index is 893. The zero-order chi connectivity index (χ0) is 18.5. The normalized spacial score (nSPS) is 10.5. The molecule has 0 bridgehead atoms. The number of aromatic nitrogens is 3. The smallest absolute Gasteiger partial charge is 0.249 e. The maximum atomic E-state index is 6.33. The lowest BCUT2D eigenvalue weighted by molar-refractivity contribution is 0.410. The van der Waals surface area contributed by atoms with Crippen LogP contribution in [0.15, 0.2) is 42.6 Å². The second-order valence-electron chi connectivity index (χ2n) is 5.89. The molecular weight excluding hydrogens is 350 g/mol. The number of hydrogen-bond donors (Lipinski definition) is 2. The van der Waals surface area contributed by atoms with Gasteiger partial charge in [0.1, 0.15) is 5.75 Å². The van der Waals surface area contributed by atoms with Gasteiger partial charge in [-0.2, -0.15) is 10.1 Å². The molecule has 0 fully saturated rings. The molecule has 0 aliphatic carbocycles. The molecule has 0 unspecified atom stereocenters. The SMILES string of the molecule is COc1ccccc1CNc1cnnc(Nc2c(C)cc(C)cc2Cl)n1. The van der Waals surface area contributed by atoms with E-state index in [1.54, 1.807) is 13.3 Å². The third-order valence-corrected chi connectivity index (χ3v) is 4.18. The Morgan fingerprint density at radius 2 is 1.96 bits per heavy atom. The highest BCUT2D eigenvalue weighted by atomic mass is 35.5. The van der Waals surface area contributed by atoms with E-state index in [0.29, 0.717) is 23.3 Å². The number of benzene rings is 2. The minimum atomic E-state index is 0.379. The van der Waals surface area contributed by atoms with Gasteiger partial charge >= 0.3 is 0 Å². The van der Waals surface area contributed by atoms with Crippen molar-refractivity contribution < 1.29 is 4.74 Å². The average Bonchev–Trinajstić information content (AvgIpc) is 2.63. The zero-order valence-corrected chi connectivity index (χ0v) is 15.6. The van der Waals surface area contributed by atoms with Gasteiger partial charge in [-0.05, 0) is 37.1 Å². The van der Waals surface area contributed by atoms with Gasteiger partial charge in [0.15, 0.2) is 5.82 Å². The number of rotatable bonds is 6. The zero-order valence-electron chi connectivity index (χ0n) is 14.9. The largest absolute Gasteiger partial charge is 0.496 e. The van der Waals surface area contributed by atoms with Crippen molar-refractivity contribution in [1.29, 1.82) is 0 Å². The first-order valence-electron chi connectivity index (χ1n) is 8.16. The molecule has 0 radical (unpaired) electrons. The fourth-order valence-electron chi connectivity index (χ4n) is 2.66. The van der Waals surface area contributed by atoms with Crippen molar-refractivity contribution in [3.63, 3.8) is 0 Å². The van der Waals surface area contributed by atoms with Gasteiger partial charge in [0.05, 0.1) is 24.0 Å². The minimum Gasteiger partial charge on any atom is -0.496 e. The predicted molar refractivity (Wildman–Crippen MR) is 104 cm³/mol. The van der Waals surface area contributed by atoms with Crippen LogP contribution in [0.25, 0.3) is 0 Å². The Morgan fingerprint density at radius 1 is 1.15 bits per heavy atom. The minimum absolute atomic E-state index is 0.379. The third kappa shape index (κ3) is 4.21. The van der Waals surface area contributed by atoms with E-state index >= 15 is 0 Å². The summed E-state index contributed by atoms with van der Waals surface area (Å²) in [6.45, 7) is 4.55. The predicted octanol–water partition coefficient (Wildman–Crippen LogP) is 4.51. The number of hydrogen-bond acceptors (Lipinski definition) is 6.